The molecule has 1 atom stereocenters. The van der Waals surface area contributed by atoms with E-state index in [0.29, 0.717) is 18.6 Å². The zero-order chi connectivity index (χ0) is 20.5. The van der Waals surface area contributed by atoms with Gasteiger partial charge >= 0.3 is 6.09 Å². The number of anilines is 1. The molecule has 0 aliphatic carbocycles. The summed E-state index contributed by atoms with van der Waals surface area (Å²) >= 11 is 0.733. The number of halogens is 2. The number of aromatic nitrogens is 2. The fourth-order valence-electron chi connectivity index (χ4n) is 3.60. The van der Waals surface area contributed by atoms with E-state index in [0.717, 1.165) is 29.7 Å². The molecule has 1 aliphatic heterocycles. The van der Waals surface area contributed by atoms with E-state index in [-0.39, 0.29) is 21.7 Å². The van der Waals surface area contributed by atoms with Crippen molar-refractivity contribution in [2.75, 3.05) is 11.9 Å². The van der Waals surface area contributed by atoms with Crippen molar-refractivity contribution in [3.63, 3.8) is 0 Å². The number of nitrogens with one attached hydrogen (secondary N) is 1. The third-order valence-corrected chi connectivity index (χ3v) is 6.05. The molecular formula is C19H18F2N4O3S. The van der Waals surface area contributed by atoms with Gasteiger partial charge in [-0.2, -0.15) is 0 Å². The van der Waals surface area contributed by atoms with Crippen LogP contribution in [0, 0.1) is 0 Å². The molecule has 2 amide bonds. The highest BCUT2D eigenvalue weighted by Gasteiger charge is 2.30. The molecule has 1 aliphatic rings. The summed E-state index contributed by atoms with van der Waals surface area (Å²) in [7, 11) is 0. The Morgan fingerprint density at radius 1 is 1.28 bits per heavy atom. The van der Waals surface area contributed by atoms with Crippen LogP contribution in [-0.4, -0.2) is 44.1 Å². The number of benzene rings is 1. The molecule has 10 heteroatoms. The minimum Gasteiger partial charge on any atom is -0.465 e. The summed E-state index contributed by atoms with van der Waals surface area (Å²) in [6, 6.07) is 9.66. The molecule has 152 valence electrons. The second-order valence-electron chi connectivity index (χ2n) is 6.76. The summed E-state index contributed by atoms with van der Waals surface area (Å²) in [5.41, 5.74) is 1.42. The molecule has 3 heterocycles. The highest BCUT2D eigenvalue weighted by Crippen LogP contribution is 2.29. The van der Waals surface area contributed by atoms with Gasteiger partial charge in [0.2, 0.25) is 5.95 Å². The summed E-state index contributed by atoms with van der Waals surface area (Å²) in [6.07, 6.45) is -2.11. The van der Waals surface area contributed by atoms with Gasteiger partial charge in [0, 0.05) is 13.1 Å². The molecule has 2 N–H and O–H groups in total. The molecule has 1 aromatic carbocycles. The molecule has 0 bridgehead atoms. The summed E-state index contributed by atoms with van der Waals surface area (Å²) in [5.74, 6) is -0.264. The monoisotopic (exact) mass is 420 g/mol. The lowest BCUT2D eigenvalue weighted by Crippen LogP contribution is -2.37. The third kappa shape index (κ3) is 3.80. The van der Waals surface area contributed by atoms with Gasteiger partial charge in [-0.3, -0.25) is 10.1 Å². The average Bonchev–Trinajstić information content (AvgIpc) is 3.41. The van der Waals surface area contributed by atoms with Gasteiger partial charge in [0.1, 0.15) is 0 Å². The van der Waals surface area contributed by atoms with E-state index in [9.17, 15) is 23.5 Å². The number of thiophene rings is 1. The molecule has 7 nitrogen and oxygen atoms in total. The number of carbonyl (C=O) groups excluding carboxylic acids is 1. The van der Waals surface area contributed by atoms with E-state index >= 15 is 0 Å². The first-order chi connectivity index (χ1) is 13.9. The Hall–Kier alpha value is -3.01. The molecule has 0 radical (unpaired) electrons. The van der Waals surface area contributed by atoms with Crippen molar-refractivity contribution in [1.29, 1.82) is 0 Å². The number of rotatable bonds is 5. The van der Waals surface area contributed by atoms with Crippen LogP contribution < -0.4 is 5.32 Å². The lowest BCUT2D eigenvalue weighted by Gasteiger charge is -2.23. The average molecular weight is 420 g/mol. The van der Waals surface area contributed by atoms with Crippen molar-refractivity contribution in [2.45, 2.75) is 31.9 Å². The zero-order valence-corrected chi connectivity index (χ0v) is 16.0. The van der Waals surface area contributed by atoms with Crippen molar-refractivity contribution in [2.24, 2.45) is 0 Å². The van der Waals surface area contributed by atoms with Crippen LogP contribution in [0.3, 0.4) is 0 Å². The lowest BCUT2D eigenvalue weighted by molar-refractivity contribution is 0.102. The number of hydrogen-bond donors (Lipinski definition) is 2. The zero-order valence-electron chi connectivity index (χ0n) is 15.2. The first kappa shape index (κ1) is 19.3. The molecule has 2 aromatic heterocycles. The minimum absolute atomic E-state index is 0.159. The van der Waals surface area contributed by atoms with Crippen LogP contribution in [0.15, 0.2) is 36.4 Å². The van der Waals surface area contributed by atoms with Crippen LogP contribution in [0.4, 0.5) is 19.5 Å². The molecule has 0 saturated carbocycles. The Balaban J connectivity index is 1.64. The molecule has 1 saturated heterocycles. The number of hydrogen-bond acceptors (Lipinski definition) is 4. The maximum Gasteiger partial charge on any atom is 0.407 e. The second kappa shape index (κ2) is 7.78. The van der Waals surface area contributed by atoms with Gasteiger partial charge in [-0.15, -0.1) is 11.3 Å². The third-order valence-electron chi connectivity index (χ3n) is 4.96. The normalized spacial score (nSPS) is 16.7. The summed E-state index contributed by atoms with van der Waals surface area (Å²) in [6.45, 7) is 0.815. The Labute approximate surface area is 168 Å². The van der Waals surface area contributed by atoms with Crippen LogP contribution in [0.2, 0.25) is 0 Å². The Morgan fingerprint density at radius 2 is 2.07 bits per heavy atom. The Kier molecular flexibility index (Phi) is 5.18. The van der Waals surface area contributed by atoms with Crippen molar-refractivity contribution >= 4 is 40.3 Å². The number of amides is 2. The van der Waals surface area contributed by atoms with Crippen LogP contribution >= 0.6 is 11.3 Å². The van der Waals surface area contributed by atoms with Gasteiger partial charge in [-0.1, -0.05) is 12.1 Å². The first-order valence-corrected chi connectivity index (χ1v) is 9.89. The maximum absolute atomic E-state index is 12.8. The second-order valence-corrected chi connectivity index (χ2v) is 7.88. The van der Waals surface area contributed by atoms with Crippen LogP contribution in [0.5, 0.6) is 0 Å². The summed E-state index contributed by atoms with van der Waals surface area (Å²) < 4.78 is 27.4. The van der Waals surface area contributed by atoms with E-state index in [4.69, 9.17) is 0 Å². The fourth-order valence-corrected chi connectivity index (χ4v) is 4.36. The van der Waals surface area contributed by atoms with Gasteiger partial charge in [0.25, 0.3) is 12.3 Å². The number of carboxylic acid groups (broad SMARTS) is 1. The van der Waals surface area contributed by atoms with Gasteiger partial charge in [-0.05, 0) is 37.1 Å². The van der Waals surface area contributed by atoms with Crippen LogP contribution in [0.1, 0.15) is 33.8 Å². The number of likely N-dealkylation sites (tertiary alicyclic amines) is 1. The van der Waals surface area contributed by atoms with Crippen LogP contribution in [-0.2, 0) is 6.54 Å². The lowest BCUT2D eigenvalue weighted by atomic mass is 10.2. The maximum atomic E-state index is 12.8. The standard InChI is InChI=1S/C19H18F2N4O3S/c20-16(21)14-7-8-15(29-14)17(26)23-18-22-12-5-1-2-6-13(12)25(18)10-11-4-3-9-24(11)19(27)28/h1-2,5-8,11,16H,3-4,9-10H2,(H,27,28)(H,22,23,26)/t11-/m0/s1. The molecule has 4 rings (SSSR count). The smallest absolute Gasteiger partial charge is 0.407 e. The van der Waals surface area contributed by atoms with Gasteiger partial charge in [0.15, 0.2) is 0 Å². The number of imidazole rings is 1. The quantitative estimate of drug-likeness (QED) is 0.639. The number of carbonyl (C=O) groups is 2. The van der Waals surface area contributed by atoms with Gasteiger partial charge in [-0.25, -0.2) is 18.6 Å². The molecule has 0 spiro atoms. The Bertz CT molecular complexity index is 1060. The molecular weight excluding hydrogens is 402 g/mol. The molecule has 1 fully saturated rings. The minimum atomic E-state index is -2.63. The highest BCUT2D eigenvalue weighted by atomic mass is 32.1. The number of para-hydroxylation sites is 2. The van der Waals surface area contributed by atoms with Crippen molar-refractivity contribution in [3.8, 4) is 0 Å². The van der Waals surface area contributed by atoms with Crippen molar-refractivity contribution in [1.82, 2.24) is 14.5 Å². The fraction of sp³-hybridized carbons (Fsp3) is 0.316. The number of fused-ring (bicyclic) bond motifs is 1. The van der Waals surface area contributed by atoms with Crippen molar-refractivity contribution in [3.05, 3.63) is 46.2 Å². The largest absolute Gasteiger partial charge is 0.465 e. The molecule has 0 unspecified atom stereocenters. The predicted molar refractivity (Wildman–Crippen MR) is 105 cm³/mol. The summed E-state index contributed by atoms with van der Waals surface area (Å²) in [5, 5.41) is 12.1. The number of nitrogens with zero attached hydrogens (tertiary/aromatic N) is 3. The van der Waals surface area contributed by atoms with Crippen molar-refractivity contribution < 1.29 is 23.5 Å². The highest BCUT2D eigenvalue weighted by molar-refractivity contribution is 7.14. The van der Waals surface area contributed by atoms with E-state index in [1.807, 2.05) is 18.2 Å². The molecule has 3 aromatic rings. The van der Waals surface area contributed by atoms with E-state index < -0.39 is 18.4 Å². The van der Waals surface area contributed by atoms with E-state index in [2.05, 4.69) is 10.3 Å². The van der Waals surface area contributed by atoms with Gasteiger partial charge in [0.05, 0.1) is 26.8 Å². The first-order valence-electron chi connectivity index (χ1n) is 9.08. The molecule has 29 heavy (non-hydrogen) atoms. The van der Waals surface area contributed by atoms with Gasteiger partial charge < -0.3 is 14.6 Å². The number of alkyl halides is 2. The van der Waals surface area contributed by atoms with Crippen LogP contribution in [0.25, 0.3) is 11.0 Å². The predicted octanol–water partition coefficient (Wildman–Crippen LogP) is 4.43. The Morgan fingerprint density at radius 3 is 2.79 bits per heavy atom. The van der Waals surface area contributed by atoms with E-state index in [1.54, 1.807) is 10.6 Å². The van der Waals surface area contributed by atoms with E-state index in [1.165, 1.54) is 17.0 Å². The SMILES string of the molecule is O=C(Nc1nc2ccccc2n1C[C@@H]1CCCN1C(=O)O)c1ccc(C(F)F)s1. The topological polar surface area (TPSA) is 87.5 Å². The summed E-state index contributed by atoms with van der Waals surface area (Å²) in [4.78, 5) is 29.9.